The zero-order valence-electron chi connectivity index (χ0n) is 11.5. The number of rotatable bonds is 3. The van der Waals surface area contributed by atoms with E-state index in [9.17, 15) is 4.79 Å². The molecule has 3 rings (SSSR count). The average molecular weight is 298 g/mol. The molecule has 3 N–H and O–H groups in total. The largest absolute Gasteiger partial charge is 0.397 e. The fourth-order valence-corrected chi connectivity index (χ4v) is 3.10. The third-order valence-electron chi connectivity index (χ3n) is 3.11. The average Bonchev–Trinajstić information content (AvgIpc) is 2.83. The maximum Gasteiger partial charge on any atom is 0.263 e. The first-order chi connectivity index (χ1) is 10.1. The van der Waals surface area contributed by atoms with Crippen LogP contribution in [0.5, 0.6) is 0 Å². The van der Waals surface area contributed by atoms with E-state index in [2.05, 4.69) is 15.3 Å². The van der Waals surface area contributed by atoms with Gasteiger partial charge in [-0.05, 0) is 25.1 Å². The number of amides is 1. The molecule has 6 heteroatoms. The number of carbonyl (C=O) groups excluding carboxylic acids is 1. The van der Waals surface area contributed by atoms with E-state index in [-0.39, 0.29) is 5.91 Å². The molecule has 0 spiro atoms. The number of thiophene rings is 1. The summed E-state index contributed by atoms with van der Waals surface area (Å²) in [7, 11) is 0. The number of fused-ring (bicyclic) bond motifs is 1. The number of aryl methyl sites for hydroxylation is 1. The quantitative estimate of drug-likeness (QED) is 0.778. The lowest BCUT2D eigenvalue weighted by Gasteiger charge is -2.04. The van der Waals surface area contributed by atoms with Crippen LogP contribution in [0.1, 0.15) is 21.1 Å². The second kappa shape index (κ2) is 5.49. The van der Waals surface area contributed by atoms with Crippen LogP contribution in [-0.4, -0.2) is 15.9 Å². The molecular weight excluding hydrogens is 284 g/mol. The summed E-state index contributed by atoms with van der Waals surface area (Å²) in [5.74, 6) is -0.183. The minimum atomic E-state index is -0.183. The highest BCUT2D eigenvalue weighted by molar-refractivity contribution is 7.21. The number of nitrogens with one attached hydrogen (secondary N) is 1. The third kappa shape index (κ3) is 2.71. The van der Waals surface area contributed by atoms with Crippen molar-refractivity contribution in [1.29, 1.82) is 0 Å². The minimum Gasteiger partial charge on any atom is -0.397 e. The zero-order chi connectivity index (χ0) is 14.8. The van der Waals surface area contributed by atoms with E-state index in [1.807, 2.05) is 31.2 Å². The lowest BCUT2D eigenvalue weighted by atomic mass is 10.2. The van der Waals surface area contributed by atoms with Crippen molar-refractivity contribution in [2.24, 2.45) is 0 Å². The molecule has 0 bridgehead atoms. The van der Waals surface area contributed by atoms with E-state index in [0.29, 0.717) is 17.1 Å². The highest BCUT2D eigenvalue weighted by atomic mass is 32.1. The van der Waals surface area contributed by atoms with Crippen LogP contribution in [0.25, 0.3) is 10.1 Å². The molecular formula is C15H14N4OS. The molecule has 0 unspecified atom stereocenters. The Bertz CT molecular complexity index is 812. The van der Waals surface area contributed by atoms with Crippen LogP contribution < -0.4 is 11.1 Å². The summed E-state index contributed by atoms with van der Waals surface area (Å²) in [6, 6.07) is 7.54. The van der Waals surface area contributed by atoms with Gasteiger partial charge in [0, 0.05) is 23.5 Å². The van der Waals surface area contributed by atoms with E-state index in [4.69, 9.17) is 5.73 Å². The van der Waals surface area contributed by atoms with Gasteiger partial charge in [0.05, 0.1) is 22.6 Å². The van der Waals surface area contributed by atoms with Crippen molar-refractivity contribution in [2.75, 3.05) is 5.73 Å². The molecule has 0 radical (unpaired) electrons. The van der Waals surface area contributed by atoms with Crippen molar-refractivity contribution in [3.8, 4) is 0 Å². The van der Waals surface area contributed by atoms with Crippen molar-refractivity contribution >= 4 is 33.0 Å². The van der Waals surface area contributed by atoms with Crippen LogP contribution in [0.3, 0.4) is 0 Å². The van der Waals surface area contributed by atoms with Crippen molar-refractivity contribution in [2.45, 2.75) is 13.5 Å². The van der Waals surface area contributed by atoms with Crippen LogP contribution in [0.2, 0.25) is 0 Å². The number of hydrogen-bond donors (Lipinski definition) is 2. The third-order valence-corrected chi connectivity index (χ3v) is 4.27. The van der Waals surface area contributed by atoms with Gasteiger partial charge >= 0.3 is 0 Å². The first-order valence-electron chi connectivity index (χ1n) is 6.48. The van der Waals surface area contributed by atoms with E-state index in [0.717, 1.165) is 21.5 Å². The first-order valence-corrected chi connectivity index (χ1v) is 7.29. The summed E-state index contributed by atoms with van der Waals surface area (Å²) in [6.45, 7) is 2.30. The molecule has 0 saturated carbocycles. The molecule has 21 heavy (non-hydrogen) atoms. The molecule has 106 valence electrons. The van der Waals surface area contributed by atoms with E-state index >= 15 is 0 Å². The molecule has 0 aliphatic rings. The summed E-state index contributed by atoms with van der Waals surface area (Å²) in [5, 5.41) is 3.72. The summed E-state index contributed by atoms with van der Waals surface area (Å²) < 4.78 is 0.911. The first kappa shape index (κ1) is 13.5. The van der Waals surface area contributed by atoms with Crippen molar-refractivity contribution in [3.05, 3.63) is 52.9 Å². The molecule has 1 amide bonds. The van der Waals surface area contributed by atoms with E-state index < -0.39 is 0 Å². The van der Waals surface area contributed by atoms with Crippen LogP contribution >= 0.6 is 11.3 Å². The number of hydrogen-bond acceptors (Lipinski definition) is 5. The van der Waals surface area contributed by atoms with Crippen LogP contribution in [0.15, 0.2) is 36.7 Å². The molecule has 0 aliphatic carbocycles. The van der Waals surface area contributed by atoms with Crippen molar-refractivity contribution < 1.29 is 4.79 Å². The van der Waals surface area contributed by atoms with Gasteiger partial charge in [0.25, 0.3) is 5.91 Å². The molecule has 0 aromatic carbocycles. The number of nitrogens with two attached hydrogens (primary N) is 1. The standard InChI is InChI=1S/C15H14N4OS/c1-9-3-2-4-10(19-9)7-18-15(20)14-13(16)11-5-6-17-8-12(11)21-14/h2-6,8H,7,16H2,1H3,(H,18,20). The van der Waals surface area contributed by atoms with Crippen LogP contribution in [-0.2, 0) is 6.54 Å². The maximum atomic E-state index is 12.3. The molecule has 0 atom stereocenters. The fraction of sp³-hybridized carbons (Fsp3) is 0.133. The number of nitrogen functional groups attached to an aromatic ring is 1. The second-order valence-corrected chi connectivity index (χ2v) is 5.72. The Labute approximate surface area is 125 Å². The van der Waals surface area contributed by atoms with Gasteiger partial charge in [-0.15, -0.1) is 11.3 Å². The number of pyridine rings is 2. The van der Waals surface area contributed by atoms with Gasteiger partial charge < -0.3 is 11.1 Å². The van der Waals surface area contributed by atoms with Crippen LogP contribution in [0, 0.1) is 6.92 Å². The number of carbonyl (C=O) groups is 1. The van der Waals surface area contributed by atoms with Gasteiger partial charge in [0.2, 0.25) is 0 Å². The molecule has 0 saturated heterocycles. The van der Waals surface area contributed by atoms with Gasteiger partial charge in [-0.25, -0.2) is 0 Å². The Kier molecular flexibility index (Phi) is 3.53. The predicted octanol–water partition coefficient (Wildman–Crippen LogP) is 2.51. The number of nitrogens with zero attached hydrogens (tertiary/aromatic N) is 2. The lowest BCUT2D eigenvalue weighted by molar-refractivity contribution is 0.0955. The van der Waals surface area contributed by atoms with Crippen LogP contribution in [0.4, 0.5) is 5.69 Å². The number of aromatic nitrogens is 2. The predicted molar refractivity (Wildman–Crippen MR) is 84.2 cm³/mol. The Morgan fingerprint density at radius 1 is 1.38 bits per heavy atom. The topological polar surface area (TPSA) is 80.9 Å². The van der Waals surface area contributed by atoms with E-state index in [1.54, 1.807) is 12.4 Å². The smallest absolute Gasteiger partial charge is 0.263 e. The molecule has 3 aromatic heterocycles. The highest BCUT2D eigenvalue weighted by Crippen LogP contribution is 2.32. The van der Waals surface area contributed by atoms with E-state index in [1.165, 1.54) is 11.3 Å². The maximum absolute atomic E-state index is 12.3. The van der Waals surface area contributed by atoms with Gasteiger partial charge in [0.15, 0.2) is 0 Å². The summed E-state index contributed by atoms with van der Waals surface area (Å²) >= 11 is 1.35. The normalized spacial score (nSPS) is 10.7. The van der Waals surface area contributed by atoms with Gasteiger partial charge in [-0.3, -0.25) is 14.8 Å². The molecule has 0 aliphatic heterocycles. The Morgan fingerprint density at radius 3 is 3.00 bits per heavy atom. The molecule has 0 fully saturated rings. The Hall–Kier alpha value is -2.47. The number of anilines is 1. The lowest BCUT2D eigenvalue weighted by Crippen LogP contribution is -2.23. The fourth-order valence-electron chi connectivity index (χ4n) is 2.09. The summed E-state index contributed by atoms with van der Waals surface area (Å²) in [6.07, 6.45) is 3.39. The minimum absolute atomic E-state index is 0.183. The monoisotopic (exact) mass is 298 g/mol. The highest BCUT2D eigenvalue weighted by Gasteiger charge is 2.16. The van der Waals surface area contributed by atoms with Crippen molar-refractivity contribution in [1.82, 2.24) is 15.3 Å². The molecule has 5 nitrogen and oxygen atoms in total. The summed E-state index contributed by atoms with van der Waals surface area (Å²) in [4.78, 5) is 21.2. The molecule has 3 heterocycles. The summed E-state index contributed by atoms with van der Waals surface area (Å²) in [5.41, 5.74) is 8.29. The zero-order valence-corrected chi connectivity index (χ0v) is 12.3. The Morgan fingerprint density at radius 2 is 2.24 bits per heavy atom. The van der Waals surface area contributed by atoms with Gasteiger partial charge in [0.1, 0.15) is 4.88 Å². The SMILES string of the molecule is Cc1cccc(CNC(=O)c2sc3cnccc3c2N)n1. The van der Waals surface area contributed by atoms with Gasteiger partial charge in [-0.1, -0.05) is 6.07 Å². The second-order valence-electron chi connectivity index (χ2n) is 4.67. The molecule has 3 aromatic rings. The van der Waals surface area contributed by atoms with Crippen molar-refractivity contribution in [3.63, 3.8) is 0 Å². The Balaban J connectivity index is 1.79. The van der Waals surface area contributed by atoms with Gasteiger partial charge in [-0.2, -0.15) is 0 Å².